The molecule has 0 aromatic rings. The van der Waals surface area contributed by atoms with Crippen LogP contribution in [-0.4, -0.2) is 17.1 Å². The first-order chi connectivity index (χ1) is 4.60. The monoisotopic (exact) mass is 179 g/mol. The van der Waals surface area contributed by atoms with Crippen molar-refractivity contribution in [1.29, 1.82) is 0 Å². The van der Waals surface area contributed by atoms with Gasteiger partial charge in [-0.3, -0.25) is 4.79 Å². The van der Waals surface area contributed by atoms with E-state index in [1.807, 2.05) is 6.92 Å². The van der Waals surface area contributed by atoms with Crippen molar-refractivity contribution in [3.8, 4) is 0 Å². The summed E-state index contributed by atoms with van der Waals surface area (Å²) in [6, 6.07) is 0.121. The molecule has 1 rings (SSSR count). The van der Waals surface area contributed by atoms with E-state index in [9.17, 15) is 4.79 Å². The van der Waals surface area contributed by atoms with Crippen LogP contribution in [0, 0.1) is 5.41 Å². The van der Waals surface area contributed by atoms with Crippen molar-refractivity contribution in [2.45, 2.75) is 32.2 Å². The zero-order valence-electron chi connectivity index (χ0n) is 6.54. The number of carboxylic acids is 1. The van der Waals surface area contributed by atoms with Crippen molar-refractivity contribution < 1.29 is 9.90 Å². The van der Waals surface area contributed by atoms with Gasteiger partial charge in [0.2, 0.25) is 0 Å². The summed E-state index contributed by atoms with van der Waals surface area (Å²) in [4.78, 5) is 10.6. The van der Waals surface area contributed by atoms with Crippen LogP contribution in [0.3, 0.4) is 0 Å². The summed E-state index contributed by atoms with van der Waals surface area (Å²) < 4.78 is 0. The van der Waals surface area contributed by atoms with Gasteiger partial charge in [-0.1, -0.05) is 6.92 Å². The molecule has 0 aromatic heterocycles. The zero-order chi connectivity index (χ0) is 7.78. The Balaban J connectivity index is 0.000001000. The summed E-state index contributed by atoms with van der Waals surface area (Å²) in [6.45, 7) is 1.90. The molecule has 1 fully saturated rings. The molecule has 1 aliphatic carbocycles. The Morgan fingerprint density at radius 1 is 1.73 bits per heavy atom. The number of nitrogens with two attached hydrogens (primary N) is 1. The van der Waals surface area contributed by atoms with E-state index >= 15 is 0 Å². The molecule has 66 valence electrons. The van der Waals surface area contributed by atoms with Gasteiger partial charge in [0.25, 0.3) is 0 Å². The highest BCUT2D eigenvalue weighted by molar-refractivity contribution is 5.85. The summed E-state index contributed by atoms with van der Waals surface area (Å²) in [6.07, 6.45) is 2.01. The minimum absolute atomic E-state index is 0. The summed E-state index contributed by atoms with van der Waals surface area (Å²) in [7, 11) is 0. The summed E-state index contributed by atoms with van der Waals surface area (Å²) in [5.41, 5.74) is 5.03. The van der Waals surface area contributed by atoms with E-state index in [4.69, 9.17) is 10.8 Å². The molecule has 0 amide bonds. The molecule has 4 heteroatoms. The summed E-state index contributed by atoms with van der Waals surface area (Å²) >= 11 is 0. The van der Waals surface area contributed by atoms with Crippen molar-refractivity contribution >= 4 is 18.4 Å². The predicted molar refractivity (Wildman–Crippen MR) is 44.8 cm³/mol. The van der Waals surface area contributed by atoms with Crippen molar-refractivity contribution in [1.82, 2.24) is 0 Å². The Kier molecular flexibility index (Phi) is 3.32. The fourth-order valence-electron chi connectivity index (χ4n) is 1.56. The van der Waals surface area contributed by atoms with Gasteiger partial charge in [0.05, 0.1) is 5.41 Å². The summed E-state index contributed by atoms with van der Waals surface area (Å²) in [5, 5.41) is 8.75. The molecule has 0 aromatic carbocycles. The first-order valence-corrected chi connectivity index (χ1v) is 3.60. The normalized spacial score (nSPS) is 35.3. The molecule has 11 heavy (non-hydrogen) atoms. The standard InChI is InChI=1S/C7H13NO2.ClH/c1-2-7(6(9)10)3-5(8)4-7;/h5H,2-4,8H2,1H3,(H,9,10);1H. The Morgan fingerprint density at radius 2 is 2.18 bits per heavy atom. The predicted octanol–water partition coefficient (Wildman–Crippen LogP) is 1.01. The first-order valence-electron chi connectivity index (χ1n) is 3.60. The van der Waals surface area contributed by atoms with Crippen LogP contribution in [0.25, 0.3) is 0 Å². The molecule has 1 aliphatic rings. The number of hydrogen-bond acceptors (Lipinski definition) is 2. The zero-order valence-corrected chi connectivity index (χ0v) is 7.36. The van der Waals surface area contributed by atoms with Crippen molar-refractivity contribution in [3.05, 3.63) is 0 Å². The van der Waals surface area contributed by atoms with Gasteiger partial charge in [0.1, 0.15) is 0 Å². The van der Waals surface area contributed by atoms with Crippen LogP contribution in [-0.2, 0) is 4.79 Å². The highest BCUT2D eigenvalue weighted by Gasteiger charge is 2.47. The van der Waals surface area contributed by atoms with Crippen molar-refractivity contribution in [2.75, 3.05) is 0 Å². The molecular weight excluding hydrogens is 166 g/mol. The average Bonchev–Trinajstić information content (AvgIpc) is 1.79. The van der Waals surface area contributed by atoms with Gasteiger partial charge in [0.15, 0.2) is 0 Å². The smallest absolute Gasteiger partial charge is 0.309 e. The SMILES string of the molecule is CCC1(C(=O)O)CC(N)C1.Cl. The third-order valence-corrected chi connectivity index (χ3v) is 2.44. The van der Waals surface area contributed by atoms with Crippen LogP contribution in [0.2, 0.25) is 0 Å². The van der Waals surface area contributed by atoms with Crippen LogP contribution in [0.1, 0.15) is 26.2 Å². The van der Waals surface area contributed by atoms with Gasteiger partial charge < -0.3 is 10.8 Å². The highest BCUT2D eigenvalue weighted by atomic mass is 35.5. The lowest BCUT2D eigenvalue weighted by Crippen LogP contribution is -2.50. The topological polar surface area (TPSA) is 63.3 Å². The van der Waals surface area contributed by atoms with E-state index in [1.54, 1.807) is 0 Å². The number of carbonyl (C=O) groups is 1. The number of halogens is 1. The number of rotatable bonds is 2. The number of carboxylic acid groups (broad SMARTS) is 1. The third kappa shape index (κ3) is 1.65. The van der Waals surface area contributed by atoms with Crippen LogP contribution in [0.4, 0.5) is 0 Å². The van der Waals surface area contributed by atoms with Gasteiger partial charge in [-0.15, -0.1) is 12.4 Å². The van der Waals surface area contributed by atoms with Crippen LogP contribution >= 0.6 is 12.4 Å². The van der Waals surface area contributed by atoms with E-state index in [0.29, 0.717) is 19.3 Å². The molecule has 0 bridgehead atoms. The molecule has 0 unspecified atom stereocenters. The second-order valence-electron chi connectivity index (χ2n) is 3.11. The second kappa shape index (κ2) is 3.41. The van der Waals surface area contributed by atoms with E-state index in [2.05, 4.69) is 0 Å². The Labute approximate surface area is 72.4 Å². The molecule has 0 heterocycles. The quantitative estimate of drug-likeness (QED) is 0.665. The largest absolute Gasteiger partial charge is 0.481 e. The van der Waals surface area contributed by atoms with E-state index in [1.165, 1.54) is 0 Å². The molecule has 3 N–H and O–H groups in total. The minimum Gasteiger partial charge on any atom is -0.481 e. The minimum atomic E-state index is -0.684. The Morgan fingerprint density at radius 3 is 2.27 bits per heavy atom. The van der Waals surface area contributed by atoms with Gasteiger partial charge in [0, 0.05) is 6.04 Å². The maximum atomic E-state index is 10.6. The number of aliphatic carboxylic acids is 1. The van der Waals surface area contributed by atoms with Crippen LogP contribution < -0.4 is 5.73 Å². The molecule has 0 spiro atoms. The molecular formula is C7H14ClNO2. The maximum Gasteiger partial charge on any atom is 0.309 e. The average molecular weight is 180 g/mol. The third-order valence-electron chi connectivity index (χ3n) is 2.44. The van der Waals surface area contributed by atoms with Crippen molar-refractivity contribution in [3.63, 3.8) is 0 Å². The molecule has 3 nitrogen and oxygen atoms in total. The highest BCUT2D eigenvalue weighted by Crippen LogP contribution is 2.42. The van der Waals surface area contributed by atoms with Crippen LogP contribution in [0.15, 0.2) is 0 Å². The van der Waals surface area contributed by atoms with Crippen LogP contribution in [0.5, 0.6) is 0 Å². The molecule has 0 aliphatic heterocycles. The van der Waals surface area contributed by atoms with E-state index < -0.39 is 11.4 Å². The molecule has 0 saturated heterocycles. The van der Waals surface area contributed by atoms with Crippen molar-refractivity contribution in [2.24, 2.45) is 11.1 Å². The lowest BCUT2D eigenvalue weighted by Gasteiger charge is -2.41. The van der Waals surface area contributed by atoms with Gasteiger partial charge in [-0.25, -0.2) is 0 Å². The van der Waals surface area contributed by atoms with Gasteiger partial charge in [-0.2, -0.15) is 0 Å². The fraction of sp³-hybridized carbons (Fsp3) is 0.857. The first kappa shape index (κ1) is 10.7. The lowest BCUT2D eigenvalue weighted by molar-refractivity contribution is -0.155. The summed E-state index contributed by atoms with van der Waals surface area (Å²) in [5.74, 6) is -0.684. The lowest BCUT2D eigenvalue weighted by atomic mass is 9.64. The van der Waals surface area contributed by atoms with Gasteiger partial charge >= 0.3 is 5.97 Å². The van der Waals surface area contributed by atoms with E-state index in [0.717, 1.165) is 0 Å². The second-order valence-corrected chi connectivity index (χ2v) is 3.11. The molecule has 0 radical (unpaired) electrons. The number of hydrogen-bond donors (Lipinski definition) is 2. The Bertz CT molecular complexity index is 155. The Hall–Kier alpha value is -0.280. The molecule has 1 saturated carbocycles. The molecule has 0 atom stereocenters. The maximum absolute atomic E-state index is 10.6. The van der Waals surface area contributed by atoms with E-state index in [-0.39, 0.29) is 18.4 Å². The fourth-order valence-corrected chi connectivity index (χ4v) is 1.56. The van der Waals surface area contributed by atoms with Gasteiger partial charge in [-0.05, 0) is 19.3 Å².